The molecule has 1 fully saturated rings. The number of nitrogens with one attached hydrogen (secondary N) is 1. The van der Waals surface area contributed by atoms with Crippen molar-refractivity contribution in [1.29, 1.82) is 0 Å². The third kappa shape index (κ3) is 6.09. The number of benzene rings is 1. The van der Waals surface area contributed by atoms with Gasteiger partial charge in [0.1, 0.15) is 6.10 Å². The second-order valence-corrected chi connectivity index (χ2v) is 7.28. The van der Waals surface area contributed by atoms with Gasteiger partial charge in [0.2, 0.25) is 0 Å². The molecule has 1 saturated heterocycles. The smallest absolute Gasteiger partial charge is 0.194 e. The fraction of sp³-hybridized carbons (Fsp3) is 0.545. The Morgan fingerprint density at radius 2 is 2.11 bits per heavy atom. The van der Waals surface area contributed by atoms with E-state index in [-0.39, 0.29) is 6.10 Å². The molecule has 1 aliphatic heterocycles. The molecule has 0 spiro atoms. The molecule has 1 unspecified atom stereocenters. The molecule has 2 heterocycles. The highest BCUT2D eigenvalue weighted by Gasteiger charge is 2.25. The zero-order chi connectivity index (χ0) is 19.6. The molecule has 1 atom stereocenters. The van der Waals surface area contributed by atoms with Gasteiger partial charge in [0.25, 0.3) is 0 Å². The molecule has 0 amide bonds. The summed E-state index contributed by atoms with van der Waals surface area (Å²) < 4.78 is 7.78. The van der Waals surface area contributed by atoms with Gasteiger partial charge in [-0.15, -0.1) is 0 Å². The molecule has 3 rings (SSSR count). The van der Waals surface area contributed by atoms with Crippen LogP contribution in [0.5, 0.6) is 0 Å². The van der Waals surface area contributed by atoms with Crippen LogP contribution < -0.4 is 5.32 Å². The molecule has 0 bridgehead atoms. The summed E-state index contributed by atoms with van der Waals surface area (Å²) in [7, 11) is 1.94. The lowest BCUT2D eigenvalue weighted by atomic mass is 10.1. The number of guanidine groups is 1. The maximum Gasteiger partial charge on any atom is 0.194 e. The van der Waals surface area contributed by atoms with Crippen molar-refractivity contribution in [3.8, 4) is 0 Å². The zero-order valence-corrected chi connectivity index (χ0v) is 17.2. The molecule has 6 nitrogen and oxygen atoms in total. The lowest BCUT2D eigenvalue weighted by molar-refractivity contribution is -0.00804. The van der Waals surface area contributed by atoms with Crippen LogP contribution in [-0.4, -0.2) is 53.4 Å². The minimum absolute atomic E-state index is 0.0529. The van der Waals surface area contributed by atoms with Gasteiger partial charge in [-0.25, -0.2) is 0 Å². The highest BCUT2D eigenvalue weighted by atomic mass is 16.5. The Kier molecular flexibility index (Phi) is 7.91. The van der Waals surface area contributed by atoms with E-state index < -0.39 is 0 Å². The number of aliphatic imine (C=N–C) groups is 1. The van der Waals surface area contributed by atoms with Gasteiger partial charge in [-0.2, -0.15) is 5.10 Å². The van der Waals surface area contributed by atoms with Crippen LogP contribution in [0.3, 0.4) is 0 Å². The quantitative estimate of drug-likeness (QED) is 0.432. The Labute approximate surface area is 168 Å². The predicted octanol–water partition coefficient (Wildman–Crippen LogP) is 3.17. The van der Waals surface area contributed by atoms with E-state index in [1.165, 1.54) is 18.4 Å². The second kappa shape index (κ2) is 10.9. The van der Waals surface area contributed by atoms with Crippen LogP contribution in [-0.2, 0) is 18.2 Å². The van der Waals surface area contributed by atoms with Crippen LogP contribution >= 0.6 is 0 Å². The first-order chi connectivity index (χ1) is 13.8. The average molecular weight is 384 g/mol. The number of ether oxygens (including phenoxy) is 1. The second-order valence-electron chi connectivity index (χ2n) is 7.28. The molecule has 6 heteroatoms. The lowest BCUT2D eigenvalue weighted by Gasteiger charge is -2.34. The third-order valence-corrected chi connectivity index (χ3v) is 5.03. The normalized spacial score (nSPS) is 17.7. The van der Waals surface area contributed by atoms with Gasteiger partial charge in [0.05, 0.1) is 19.3 Å². The molecular formula is C22H33N5O. The lowest BCUT2D eigenvalue weighted by Crippen LogP contribution is -2.48. The van der Waals surface area contributed by atoms with Crippen LogP contribution in [0.25, 0.3) is 0 Å². The first-order valence-corrected chi connectivity index (χ1v) is 10.4. The molecular weight excluding hydrogens is 350 g/mol. The van der Waals surface area contributed by atoms with Crippen LogP contribution in [0.2, 0.25) is 0 Å². The summed E-state index contributed by atoms with van der Waals surface area (Å²) >= 11 is 0. The van der Waals surface area contributed by atoms with Gasteiger partial charge in [0, 0.05) is 38.4 Å². The minimum Gasteiger partial charge on any atom is -0.370 e. The number of unbranched alkanes of at least 4 members (excludes halogenated alkanes) is 2. The van der Waals surface area contributed by atoms with E-state index in [2.05, 4.69) is 52.6 Å². The molecule has 0 aliphatic carbocycles. The largest absolute Gasteiger partial charge is 0.370 e. The summed E-state index contributed by atoms with van der Waals surface area (Å²) in [5.41, 5.74) is 2.55. The summed E-state index contributed by atoms with van der Waals surface area (Å²) in [5, 5.41) is 7.72. The van der Waals surface area contributed by atoms with Crippen molar-refractivity contribution in [1.82, 2.24) is 20.0 Å². The highest BCUT2D eigenvalue weighted by molar-refractivity contribution is 5.80. The predicted molar refractivity (Wildman–Crippen MR) is 113 cm³/mol. The Bertz CT molecular complexity index is 728. The summed E-state index contributed by atoms with van der Waals surface area (Å²) in [4.78, 5) is 7.18. The standard InChI is InChI=1S/C22H33N5O/c1-3-23-22(24-13-9-5-8-12-19-10-6-4-7-11-19)27-14-15-28-21(18-27)20-16-25-26(2)17-20/h4,6-7,10-11,16-17,21H,3,5,8-9,12-15,18H2,1-2H3,(H,23,24). The van der Waals surface area contributed by atoms with Crippen molar-refractivity contribution in [3.05, 3.63) is 53.9 Å². The van der Waals surface area contributed by atoms with Gasteiger partial charge in [0.15, 0.2) is 5.96 Å². The summed E-state index contributed by atoms with van der Waals surface area (Å²) in [6.07, 6.45) is 8.68. The molecule has 28 heavy (non-hydrogen) atoms. The van der Waals surface area contributed by atoms with Gasteiger partial charge in [-0.05, 0) is 31.7 Å². The van der Waals surface area contributed by atoms with Crippen LogP contribution in [0, 0.1) is 0 Å². The number of nitrogens with zero attached hydrogens (tertiary/aromatic N) is 4. The first-order valence-electron chi connectivity index (χ1n) is 10.4. The Hall–Kier alpha value is -2.34. The zero-order valence-electron chi connectivity index (χ0n) is 17.2. The average Bonchev–Trinajstić information content (AvgIpc) is 3.17. The third-order valence-electron chi connectivity index (χ3n) is 5.03. The number of morpholine rings is 1. The van der Waals surface area contributed by atoms with Crippen molar-refractivity contribution >= 4 is 5.96 Å². The van der Waals surface area contributed by atoms with Gasteiger partial charge in [-0.3, -0.25) is 9.67 Å². The summed E-state index contributed by atoms with van der Waals surface area (Å²) in [5.74, 6) is 1.00. The van der Waals surface area contributed by atoms with Gasteiger partial charge >= 0.3 is 0 Å². The molecule has 152 valence electrons. The fourth-order valence-corrected chi connectivity index (χ4v) is 3.52. The number of aryl methyl sites for hydroxylation is 2. The van der Waals surface area contributed by atoms with Gasteiger partial charge in [-0.1, -0.05) is 36.8 Å². The molecule has 1 aliphatic rings. The SMILES string of the molecule is CCNC(=NCCCCCc1ccccc1)N1CCOC(c2cnn(C)c2)C1. The molecule has 2 aromatic rings. The van der Waals surface area contributed by atoms with E-state index in [1.54, 1.807) is 0 Å². The van der Waals surface area contributed by atoms with Crippen LogP contribution in [0.15, 0.2) is 47.7 Å². The highest BCUT2D eigenvalue weighted by Crippen LogP contribution is 2.21. The van der Waals surface area contributed by atoms with Gasteiger partial charge < -0.3 is 15.0 Å². The summed E-state index contributed by atoms with van der Waals surface area (Å²) in [6.45, 7) is 6.26. The van der Waals surface area contributed by atoms with E-state index in [0.717, 1.165) is 50.5 Å². The number of hydrogen-bond acceptors (Lipinski definition) is 3. The Morgan fingerprint density at radius 1 is 1.25 bits per heavy atom. The topological polar surface area (TPSA) is 54.7 Å². The summed E-state index contributed by atoms with van der Waals surface area (Å²) in [6, 6.07) is 10.7. The van der Waals surface area contributed by atoms with E-state index in [1.807, 2.05) is 24.1 Å². The van der Waals surface area contributed by atoms with Crippen molar-refractivity contribution in [2.24, 2.45) is 12.0 Å². The van der Waals surface area contributed by atoms with Crippen molar-refractivity contribution in [2.45, 2.75) is 38.7 Å². The fourth-order valence-electron chi connectivity index (χ4n) is 3.52. The maximum atomic E-state index is 5.96. The number of aromatic nitrogens is 2. The van der Waals surface area contributed by atoms with Crippen LogP contribution in [0.1, 0.15) is 43.4 Å². The Balaban J connectivity index is 1.46. The minimum atomic E-state index is 0.0529. The van der Waals surface area contributed by atoms with Crippen molar-refractivity contribution < 1.29 is 4.74 Å². The molecule has 0 saturated carbocycles. The van der Waals surface area contributed by atoms with E-state index in [0.29, 0.717) is 6.61 Å². The first kappa shape index (κ1) is 20.4. The van der Waals surface area contributed by atoms with E-state index in [4.69, 9.17) is 9.73 Å². The van der Waals surface area contributed by atoms with E-state index >= 15 is 0 Å². The van der Waals surface area contributed by atoms with Crippen molar-refractivity contribution in [2.75, 3.05) is 32.8 Å². The van der Waals surface area contributed by atoms with Crippen LogP contribution in [0.4, 0.5) is 0 Å². The molecule has 1 aromatic heterocycles. The Morgan fingerprint density at radius 3 is 2.86 bits per heavy atom. The molecule has 1 N–H and O–H groups in total. The van der Waals surface area contributed by atoms with Crippen molar-refractivity contribution in [3.63, 3.8) is 0 Å². The van der Waals surface area contributed by atoms with E-state index in [9.17, 15) is 0 Å². The maximum absolute atomic E-state index is 5.96. The number of rotatable bonds is 8. The molecule has 0 radical (unpaired) electrons. The molecule has 1 aromatic carbocycles. The monoisotopic (exact) mass is 383 g/mol. The number of hydrogen-bond donors (Lipinski definition) is 1.